The lowest BCUT2D eigenvalue weighted by atomic mass is 9.99. The van der Waals surface area contributed by atoms with Crippen molar-refractivity contribution in [3.63, 3.8) is 0 Å². The minimum absolute atomic E-state index is 0.0223. The largest absolute Gasteiger partial charge is 0.466 e. The minimum atomic E-state index is -4.62. The number of carbonyl (C=O) groups excluding carboxylic acids is 3. The van der Waals surface area contributed by atoms with Crippen molar-refractivity contribution in [2.75, 3.05) is 12.0 Å². The van der Waals surface area contributed by atoms with Crippen LogP contribution in [0.2, 0.25) is 0 Å². The smallest absolute Gasteiger partial charge is 0.424 e. The average Bonchev–Trinajstić information content (AvgIpc) is 3.35. The van der Waals surface area contributed by atoms with Crippen molar-refractivity contribution >= 4 is 34.0 Å². The Morgan fingerprint density at radius 3 is 1.91 bits per heavy atom. The molecule has 1 heterocycles. The van der Waals surface area contributed by atoms with E-state index in [2.05, 4.69) is 0 Å². The number of benzene rings is 2. The van der Waals surface area contributed by atoms with Gasteiger partial charge in [-0.1, -0.05) is 17.7 Å². The van der Waals surface area contributed by atoms with E-state index >= 15 is 0 Å². The molecule has 0 bridgehead atoms. The molecule has 0 unspecified atom stereocenters. The molecular weight excluding hydrogens is 582 g/mol. The van der Waals surface area contributed by atoms with Crippen molar-refractivity contribution in [2.24, 2.45) is 0 Å². The highest BCUT2D eigenvalue weighted by Gasteiger charge is 2.38. The number of aliphatic hydroxyl groups excluding tert-OH is 1. The van der Waals surface area contributed by atoms with Gasteiger partial charge in [-0.3, -0.25) is 0 Å². The monoisotopic (exact) mass is 617 g/mol. The zero-order valence-electron chi connectivity index (χ0n) is 25.2. The van der Waals surface area contributed by atoms with Crippen LogP contribution in [0.1, 0.15) is 63.2 Å². The zero-order chi connectivity index (χ0) is 32.3. The van der Waals surface area contributed by atoms with Gasteiger partial charge in [-0.15, -0.1) is 0 Å². The molecule has 2 amide bonds. The number of aliphatic hydroxyl groups is 1. The van der Waals surface area contributed by atoms with Gasteiger partial charge in [0.2, 0.25) is 0 Å². The van der Waals surface area contributed by atoms with E-state index in [0.717, 1.165) is 12.7 Å². The molecule has 0 fully saturated rings. The highest BCUT2D eigenvalue weighted by Crippen LogP contribution is 2.43. The molecule has 0 spiro atoms. The van der Waals surface area contributed by atoms with E-state index < -0.39 is 63.1 Å². The first-order chi connectivity index (χ1) is 19.9. The second-order valence-electron chi connectivity index (χ2n) is 11.4. The summed E-state index contributed by atoms with van der Waals surface area (Å²) in [5.74, 6) is -1.73. The lowest BCUT2D eigenvalue weighted by Crippen LogP contribution is -2.44. The van der Waals surface area contributed by atoms with Crippen LogP contribution in [0.15, 0.2) is 58.0 Å². The van der Waals surface area contributed by atoms with Crippen LogP contribution in [0, 0.1) is 6.92 Å². The van der Waals surface area contributed by atoms with E-state index in [1.807, 2.05) is 0 Å². The van der Waals surface area contributed by atoms with Gasteiger partial charge < -0.3 is 27.9 Å². The Balaban J connectivity index is 2.41. The van der Waals surface area contributed by atoms with Gasteiger partial charge >= 0.3 is 28.3 Å². The Labute approximate surface area is 250 Å². The normalized spacial score (nSPS) is 11.9. The van der Waals surface area contributed by atoms with Crippen molar-refractivity contribution in [1.82, 2.24) is 0 Å². The van der Waals surface area contributed by atoms with Gasteiger partial charge in [-0.25, -0.2) is 14.4 Å². The molecule has 3 rings (SSSR count). The van der Waals surface area contributed by atoms with Crippen molar-refractivity contribution in [1.29, 1.82) is 0 Å². The van der Waals surface area contributed by atoms with Crippen LogP contribution < -0.4 is 9.08 Å². The van der Waals surface area contributed by atoms with Gasteiger partial charge in [-0.05, 0) is 78.8 Å². The van der Waals surface area contributed by atoms with Crippen LogP contribution in [0.25, 0.3) is 11.1 Å². The number of furan rings is 1. The molecule has 12 nitrogen and oxygen atoms in total. The maximum atomic E-state index is 13.5. The van der Waals surface area contributed by atoms with Crippen molar-refractivity contribution < 1.29 is 50.7 Å². The summed E-state index contributed by atoms with van der Waals surface area (Å²) in [5, 5.41) is 9.85. The summed E-state index contributed by atoms with van der Waals surface area (Å²) < 4.78 is 53.8. The average molecular weight is 618 g/mol. The first kappa shape index (κ1) is 33.1. The molecule has 0 saturated heterocycles. The van der Waals surface area contributed by atoms with Crippen LogP contribution in [0.4, 0.5) is 15.3 Å². The number of aryl methyl sites for hydroxylation is 1. The number of anilines is 1. The summed E-state index contributed by atoms with van der Waals surface area (Å²) in [4.78, 5) is 40.6. The summed E-state index contributed by atoms with van der Waals surface area (Å²) in [6.45, 7) is 10.6. The summed E-state index contributed by atoms with van der Waals surface area (Å²) in [6.07, 6.45) is -1.18. The molecule has 232 valence electrons. The van der Waals surface area contributed by atoms with Crippen molar-refractivity contribution in [3.05, 3.63) is 65.6 Å². The predicted molar refractivity (Wildman–Crippen MR) is 155 cm³/mol. The van der Waals surface area contributed by atoms with Crippen molar-refractivity contribution in [2.45, 2.75) is 71.2 Å². The summed E-state index contributed by atoms with van der Waals surface area (Å²) in [5.41, 5.74) is -2.28. The number of methoxy groups -OCH3 is 1. The van der Waals surface area contributed by atoms with Gasteiger partial charge in [0.15, 0.2) is 5.75 Å². The predicted octanol–water partition coefficient (Wildman–Crippen LogP) is 5.98. The number of hydrogen-bond donors (Lipinski definition) is 1. The number of carbonyl (C=O) groups is 3. The molecule has 2 aromatic carbocycles. The Morgan fingerprint density at radius 2 is 1.42 bits per heavy atom. The van der Waals surface area contributed by atoms with E-state index in [-0.39, 0.29) is 21.8 Å². The topological polar surface area (TPSA) is 159 Å². The fraction of sp³-hybridized carbons (Fsp3) is 0.367. The molecular formula is C30H35NO11S. The highest BCUT2D eigenvalue weighted by molar-refractivity contribution is 7.87. The standard InChI is InChI=1S/C30H35NO11S/c1-18-9-11-19(12-10-18)43(36,37)42-25-21(20-15-16-39-23(20)17-32)13-14-22(24(25)26(33)38-8)31(27(34)40-29(2,3)4)28(35)41-30(5,6)7/h9-16,32H,17H2,1-8H3. The van der Waals surface area contributed by atoms with Crippen LogP contribution in [0.3, 0.4) is 0 Å². The third kappa shape index (κ3) is 7.93. The molecule has 0 aliphatic carbocycles. The molecule has 13 heteroatoms. The first-order valence-electron chi connectivity index (χ1n) is 13.1. The fourth-order valence-corrected chi connectivity index (χ4v) is 4.77. The number of nitrogens with zero attached hydrogens (tertiary/aromatic N) is 1. The molecule has 0 radical (unpaired) electrons. The summed E-state index contributed by atoms with van der Waals surface area (Å²) in [6, 6.07) is 9.67. The summed E-state index contributed by atoms with van der Waals surface area (Å²) in [7, 11) is -3.59. The quantitative estimate of drug-likeness (QED) is 0.189. The third-order valence-electron chi connectivity index (χ3n) is 5.60. The van der Waals surface area contributed by atoms with E-state index in [9.17, 15) is 27.9 Å². The Morgan fingerprint density at radius 1 is 0.860 bits per heavy atom. The molecule has 0 saturated carbocycles. The number of hydrogen-bond acceptors (Lipinski definition) is 11. The molecule has 1 N–H and O–H groups in total. The Kier molecular flexibility index (Phi) is 9.62. The Bertz CT molecular complexity index is 1580. The second-order valence-corrected chi connectivity index (χ2v) is 12.9. The third-order valence-corrected chi connectivity index (χ3v) is 6.84. The Hall–Kier alpha value is -4.36. The number of imide groups is 1. The second kappa shape index (κ2) is 12.5. The van der Waals surface area contributed by atoms with E-state index in [4.69, 9.17) is 22.8 Å². The molecule has 0 aliphatic heterocycles. The maximum absolute atomic E-state index is 13.5. The van der Waals surface area contributed by atoms with Crippen LogP contribution in [-0.2, 0) is 30.9 Å². The van der Waals surface area contributed by atoms with Gasteiger partial charge in [-0.2, -0.15) is 13.3 Å². The number of rotatable bonds is 7. The maximum Gasteiger partial charge on any atom is 0.424 e. The lowest BCUT2D eigenvalue weighted by molar-refractivity contribution is 0.0430. The molecule has 3 aromatic rings. The number of esters is 1. The van der Waals surface area contributed by atoms with Gasteiger partial charge in [0.05, 0.1) is 19.1 Å². The minimum Gasteiger partial charge on any atom is -0.466 e. The highest BCUT2D eigenvalue weighted by atomic mass is 32.2. The fourth-order valence-electron chi connectivity index (χ4n) is 3.81. The van der Waals surface area contributed by atoms with E-state index in [1.165, 1.54) is 36.6 Å². The number of ether oxygens (including phenoxy) is 3. The van der Waals surface area contributed by atoms with Gasteiger partial charge in [0.1, 0.15) is 34.0 Å². The van der Waals surface area contributed by atoms with Crippen molar-refractivity contribution in [3.8, 4) is 16.9 Å². The van der Waals surface area contributed by atoms with Crippen LogP contribution in [0.5, 0.6) is 5.75 Å². The van der Waals surface area contributed by atoms with E-state index in [1.54, 1.807) is 60.6 Å². The molecule has 43 heavy (non-hydrogen) atoms. The van der Waals surface area contributed by atoms with Gasteiger partial charge in [0, 0.05) is 11.1 Å². The van der Waals surface area contributed by atoms with Crippen LogP contribution in [-0.4, -0.2) is 50.0 Å². The SMILES string of the molecule is COC(=O)c1c(N(C(=O)OC(C)(C)C)C(=O)OC(C)(C)C)ccc(-c2ccoc2CO)c1OS(=O)(=O)c1ccc(C)cc1. The molecule has 0 atom stereocenters. The van der Waals surface area contributed by atoms with E-state index in [0.29, 0.717) is 4.90 Å². The lowest BCUT2D eigenvalue weighted by Gasteiger charge is -2.30. The number of amides is 2. The molecule has 0 aliphatic rings. The van der Waals surface area contributed by atoms with Gasteiger partial charge in [0.25, 0.3) is 0 Å². The molecule has 1 aromatic heterocycles. The van der Waals surface area contributed by atoms with Crippen LogP contribution >= 0.6 is 0 Å². The first-order valence-corrected chi connectivity index (χ1v) is 14.5. The zero-order valence-corrected chi connectivity index (χ0v) is 26.0. The summed E-state index contributed by atoms with van der Waals surface area (Å²) >= 11 is 0.